The largest absolute Gasteiger partial charge is 0.335 e. The molecule has 140 valence electrons. The zero-order valence-electron chi connectivity index (χ0n) is 14.6. The first kappa shape index (κ1) is 17.5. The first-order chi connectivity index (χ1) is 12.2. The average Bonchev–Trinajstić information content (AvgIpc) is 2.76. The Hall–Kier alpha value is -1.96. The number of nitro groups is 1. The molecule has 2 aliphatic carbocycles. The number of benzene rings is 1. The minimum atomic E-state index is -3.73. The van der Waals surface area contributed by atoms with Gasteiger partial charge in [-0.15, -0.1) is 0 Å². The van der Waals surface area contributed by atoms with Gasteiger partial charge in [0, 0.05) is 30.5 Å². The highest BCUT2D eigenvalue weighted by molar-refractivity contribution is 7.90. The average molecular weight is 378 g/mol. The maximum Gasteiger partial charge on any atom is 0.288 e. The third-order valence-electron chi connectivity index (χ3n) is 6.17. The van der Waals surface area contributed by atoms with Crippen LogP contribution >= 0.6 is 0 Å². The second kappa shape index (κ2) is 6.04. The van der Waals surface area contributed by atoms with Crippen LogP contribution in [0.1, 0.15) is 42.5 Å². The van der Waals surface area contributed by atoms with Gasteiger partial charge >= 0.3 is 0 Å². The zero-order chi connectivity index (χ0) is 18.6. The summed E-state index contributed by atoms with van der Waals surface area (Å²) in [5.74, 6) is 1.68. The Kier molecular flexibility index (Phi) is 4.06. The molecule has 2 aliphatic heterocycles. The van der Waals surface area contributed by atoms with Crippen LogP contribution in [0.25, 0.3) is 0 Å². The Morgan fingerprint density at radius 1 is 1.12 bits per heavy atom. The van der Waals surface area contributed by atoms with Crippen molar-refractivity contribution < 1.29 is 18.1 Å². The van der Waals surface area contributed by atoms with Gasteiger partial charge in [0.25, 0.3) is 11.6 Å². The van der Waals surface area contributed by atoms with Crippen LogP contribution < -0.4 is 0 Å². The van der Waals surface area contributed by atoms with Crippen molar-refractivity contribution in [1.82, 2.24) is 4.90 Å². The minimum Gasteiger partial charge on any atom is -0.335 e. The summed E-state index contributed by atoms with van der Waals surface area (Å²) in [6.07, 6.45) is 6.57. The summed E-state index contributed by atoms with van der Waals surface area (Å²) in [5.41, 5.74) is -0.329. The first-order valence-electron chi connectivity index (χ1n) is 9.02. The summed E-state index contributed by atoms with van der Waals surface area (Å²) in [5, 5.41) is 11.3. The van der Waals surface area contributed by atoms with E-state index in [1.54, 1.807) is 0 Å². The molecule has 0 N–H and O–H groups in total. The van der Waals surface area contributed by atoms with Gasteiger partial charge in [0.15, 0.2) is 9.84 Å². The fourth-order valence-electron chi connectivity index (χ4n) is 5.31. The van der Waals surface area contributed by atoms with E-state index in [4.69, 9.17) is 0 Å². The van der Waals surface area contributed by atoms with Crippen LogP contribution in [0.3, 0.4) is 0 Å². The minimum absolute atomic E-state index is 0.199. The molecule has 2 saturated carbocycles. The molecule has 5 rings (SSSR count). The van der Waals surface area contributed by atoms with Crippen molar-refractivity contribution in [3.05, 3.63) is 33.9 Å². The number of sulfone groups is 1. The van der Waals surface area contributed by atoms with E-state index in [0.29, 0.717) is 24.3 Å². The van der Waals surface area contributed by atoms with Gasteiger partial charge in [-0.2, -0.15) is 0 Å². The van der Waals surface area contributed by atoms with Gasteiger partial charge in [-0.05, 0) is 62.0 Å². The Labute approximate surface area is 152 Å². The van der Waals surface area contributed by atoms with Gasteiger partial charge in [0.1, 0.15) is 4.90 Å². The number of nitrogens with zero attached hydrogens (tertiary/aromatic N) is 2. The number of nitro benzene ring substituents is 1. The lowest BCUT2D eigenvalue weighted by Crippen LogP contribution is -2.42. The molecule has 2 saturated heterocycles. The lowest BCUT2D eigenvalue weighted by atomic mass is 9.68. The quantitative estimate of drug-likeness (QED) is 0.595. The molecule has 4 bridgehead atoms. The molecule has 7 nitrogen and oxygen atoms in total. The molecule has 2 atom stereocenters. The topological polar surface area (TPSA) is 97.6 Å². The zero-order valence-corrected chi connectivity index (χ0v) is 15.4. The van der Waals surface area contributed by atoms with E-state index in [2.05, 4.69) is 0 Å². The van der Waals surface area contributed by atoms with Crippen LogP contribution in [0.2, 0.25) is 0 Å². The predicted octanol–water partition coefficient (Wildman–Crippen LogP) is 2.65. The van der Waals surface area contributed by atoms with E-state index in [9.17, 15) is 23.3 Å². The van der Waals surface area contributed by atoms with Crippen molar-refractivity contribution in [3.8, 4) is 0 Å². The van der Waals surface area contributed by atoms with Crippen molar-refractivity contribution in [3.63, 3.8) is 0 Å². The Morgan fingerprint density at radius 3 is 2.31 bits per heavy atom. The smallest absolute Gasteiger partial charge is 0.288 e. The lowest BCUT2D eigenvalue weighted by molar-refractivity contribution is -0.387. The number of hydrogen-bond acceptors (Lipinski definition) is 5. The molecule has 0 aromatic heterocycles. The molecule has 4 fully saturated rings. The van der Waals surface area contributed by atoms with E-state index in [1.807, 2.05) is 4.90 Å². The molecule has 0 spiro atoms. The predicted molar refractivity (Wildman–Crippen MR) is 94.6 cm³/mol. The molecule has 1 aromatic carbocycles. The van der Waals surface area contributed by atoms with Gasteiger partial charge in [-0.3, -0.25) is 14.9 Å². The van der Waals surface area contributed by atoms with Crippen LogP contribution in [0.15, 0.2) is 23.1 Å². The van der Waals surface area contributed by atoms with Crippen LogP contribution in [-0.2, 0) is 9.84 Å². The summed E-state index contributed by atoms with van der Waals surface area (Å²) in [7, 11) is -3.73. The van der Waals surface area contributed by atoms with Crippen molar-refractivity contribution in [1.29, 1.82) is 0 Å². The molecule has 1 aromatic rings. The molecule has 4 aliphatic rings. The van der Waals surface area contributed by atoms with Gasteiger partial charge in [-0.1, -0.05) is 0 Å². The summed E-state index contributed by atoms with van der Waals surface area (Å²) >= 11 is 0. The van der Waals surface area contributed by atoms with Crippen molar-refractivity contribution >= 4 is 21.4 Å². The van der Waals surface area contributed by atoms with Crippen LogP contribution in [0.4, 0.5) is 5.69 Å². The van der Waals surface area contributed by atoms with E-state index < -0.39 is 20.4 Å². The third kappa shape index (κ3) is 3.00. The van der Waals surface area contributed by atoms with E-state index in [-0.39, 0.29) is 22.4 Å². The molecular formula is C18H22N2O5S. The Morgan fingerprint density at radius 2 is 1.73 bits per heavy atom. The second-order valence-electron chi connectivity index (χ2n) is 8.10. The highest BCUT2D eigenvalue weighted by Crippen LogP contribution is 2.47. The van der Waals surface area contributed by atoms with E-state index >= 15 is 0 Å². The number of hydrogen-bond donors (Lipinski definition) is 0. The van der Waals surface area contributed by atoms with Crippen molar-refractivity contribution in [2.45, 2.75) is 43.0 Å². The maximum atomic E-state index is 13.1. The van der Waals surface area contributed by atoms with Gasteiger partial charge in [0.2, 0.25) is 0 Å². The molecule has 2 unspecified atom stereocenters. The normalized spacial score (nSPS) is 30.3. The summed E-state index contributed by atoms with van der Waals surface area (Å²) < 4.78 is 23.6. The number of fused-ring (bicyclic) bond motifs is 1. The van der Waals surface area contributed by atoms with Crippen LogP contribution in [0, 0.1) is 27.9 Å². The molecule has 0 radical (unpaired) electrons. The van der Waals surface area contributed by atoms with Crippen LogP contribution in [-0.4, -0.2) is 43.0 Å². The molecule has 1 amide bonds. The third-order valence-corrected chi connectivity index (χ3v) is 7.31. The fraction of sp³-hybridized carbons (Fsp3) is 0.611. The number of rotatable bonds is 3. The Bertz CT molecular complexity index is 868. The molecule has 26 heavy (non-hydrogen) atoms. The van der Waals surface area contributed by atoms with Gasteiger partial charge < -0.3 is 4.90 Å². The number of carbonyl (C=O) groups excluding carboxylic acids is 1. The molecular weight excluding hydrogens is 356 g/mol. The first-order valence-corrected chi connectivity index (χ1v) is 10.9. The van der Waals surface area contributed by atoms with Crippen LogP contribution in [0.5, 0.6) is 0 Å². The number of carbonyl (C=O) groups is 1. The van der Waals surface area contributed by atoms with Gasteiger partial charge in [-0.25, -0.2) is 8.42 Å². The fourth-order valence-corrected chi connectivity index (χ4v) is 6.13. The second-order valence-corrected chi connectivity index (χ2v) is 10.1. The monoisotopic (exact) mass is 378 g/mol. The molecule has 8 heteroatoms. The lowest BCUT2D eigenvalue weighted by Gasteiger charge is -2.39. The standard InChI is InChI=1S/C18H22N2O5S/c1-26(24,25)17-3-2-14(9-16(17)20(22)23)18(21)19-10-13-5-11-4-12(6-13)8-15(19)7-11/h2-3,9,11-13,15H,4-8,10H2,1H3. The van der Waals surface area contributed by atoms with Crippen molar-refractivity contribution in [2.24, 2.45) is 17.8 Å². The summed E-state index contributed by atoms with van der Waals surface area (Å²) in [4.78, 5) is 25.2. The van der Waals surface area contributed by atoms with E-state index in [1.165, 1.54) is 31.4 Å². The SMILES string of the molecule is CS(=O)(=O)c1ccc(C(=O)N2CC3CC4CC(C3)CC2C4)cc1[N+](=O)[O-]. The maximum absolute atomic E-state index is 13.1. The molecule has 2 heterocycles. The highest BCUT2D eigenvalue weighted by atomic mass is 32.2. The van der Waals surface area contributed by atoms with E-state index in [0.717, 1.165) is 25.2 Å². The highest BCUT2D eigenvalue weighted by Gasteiger charge is 2.44. The summed E-state index contributed by atoms with van der Waals surface area (Å²) in [6, 6.07) is 3.91. The van der Waals surface area contributed by atoms with Crippen molar-refractivity contribution in [2.75, 3.05) is 12.8 Å². The Balaban J connectivity index is 1.68. The summed E-state index contributed by atoms with van der Waals surface area (Å²) in [6.45, 7) is 0.706. The van der Waals surface area contributed by atoms with Gasteiger partial charge in [0.05, 0.1) is 4.92 Å². The number of amides is 1.